The molecule has 0 saturated carbocycles. The molecule has 1 saturated heterocycles. The Labute approximate surface area is 105 Å². The molecule has 1 aliphatic heterocycles. The van der Waals surface area contributed by atoms with Crippen LogP contribution in [0.4, 0.5) is 16.2 Å². The van der Waals surface area contributed by atoms with E-state index in [9.17, 15) is 14.7 Å². The average molecular weight is 249 g/mol. The van der Waals surface area contributed by atoms with Crippen molar-refractivity contribution in [2.24, 2.45) is 0 Å². The number of anilines is 2. The third-order valence-corrected chi connectivity index (χ3v) is 2.76. The fourth-order valence-corrected chi connectivity index (χ4v) is 1.93. The van der Waals surface area contributed by atoms with Gasteiger partial charge in [0, 0.05) is 12.2 Å². The van der Waals surface area contributed by atoms with Crippen LogP contribution in [0.1, 0.15) is 13.3 Å². The van der Waals surface area contributed by atoms with E-state index in [1.54, 1.807) is 24.3 Å². The van der Waals surface area contributed by atoms with Crippen LogP contribution in [-0.4, -0.2) is 34.7 Å². The second-order valence-electron chi connectivity index (χ2n) is 4.11. The smallest absolute Gasteiger partial charge is 0.333 e. The molecule has 0 radical (unpaired) electrons. The predicted molar refractivity (Wildman–Crippen MR) is 66.7 cm³/mol. The maximum Gasteiger partial charge on any atom is 0.333 e. The number of urea groups is 1. The van der Waals surface area contributed by atoms with Gasteiger partial charge in [-0.05, 0) is 24.6 Å². The fraction of sp³-hybridized carbons (Fsp3) is 0.333. The number of aliphatic hydroxyl groups is 1. The lowest BCUT2D eigenvalue weighted by Crippen LogP contribution is -2.35. The molecule has 3 N–H and O–H groups in total. The molecule has 0 aliphatic carbocycles. The summed E-state index contributed by atoms with van der Waals surface area (Å²) in [5.41, 5.74) is 6.51. The van der Waals surface area contributed by atoms with Crippen LogP contribution in [0.15, 0.2) is 24.3 Å². The maximum absolute atomic E-state index is 12.1. The Bertz CT molecular complexity index is 489. The van der Waals surface area contributed by atoms with Gasteiger partial charge < -0.3 is 10.8 Å². The molecular weight excluding hydrogens is 234 g/mol. The quantitative estimate of drug-likeness (QED) is 0.611. The molecule has 1 aromatic carbocycles. The third kappa shape index (κ3) is 1.91. The molecule has 18 heavy (non-hydrogen) atoms. The van der Waals surface area contributed by atoms with E-state index in [1.807, 2.05) is 6.92 Å². The minimum absolute atomic E-state index is 0.299. The summed E-state index contributed by atoms with van der Waals surface area (Å²) in [5.74, 6) is -0.593. The first-order chi connectivity index (χ1) is 8.56. The molecule has 1 atom stereocenters. The molecule has 1 heterocycles. The topological polar surface area (TPSA) is 86.9 Å². The molecule has 2 rings (SSSR count). The minimum Gasteiger partial charge on any atom is -0.399 e. The van der Waals surface area contributed by atoms with Crippen LogP contribution >= 0.6 is 0 Å². The van der Waals surface area contributed by atoms with Gasteiger partial charge in [0.1, 0.15) is 0 Å². The number of hydrogen-bond donors (Lipinski definition) is 2. The highest BCUT2D eigenvalue weighted by Gasteiger charge is 2.44. The highest BCUT2D eigenvalue weighted by atomic mass is 16.3. The van der Waals surface area contributed by atoms with Crippen LogP contribution in [0, 0.1) is 0 Å². The molecule has 0 aromatic heterocycles. The van der Waals surface area contributed by atoms with Gasteiger partial charge in [-0.2, -0.15) is 0 Å². The van der Waals surface area contributed by atoms with Crippen LogP contribution in [0.5, 0.6) is 0 Å². The highest BCUT2D eigenvalue weighted by molar-refractivity contribution is 6.13. The van der Waals surface area contributed by atoms with Crippen molar-refractivity contribution in [3.63, 3.8) is 0 Å². The first-order valence-electron chi connectivity index (χ1n) is 5.74. The van der Waals surface area contributed by atoms with Crippen LogP contribution in [0.3, 0.4) is 0 Å². The molecule has 0 spiro atoms. The van der Waals surface area contributed by atoms with Crippen molar-refractivity contribution in [1.82, 2.24) is 4.90 Å². The molecule has 1 fully saturated rings. The van der Waals surface area contributed by atoms with Gasteiger partial charge in [0.05, 0.1) is 5.69 Å². The molecule has 1 aliphatic rings. The Morgan fingerprint density at radius 3 is 2.72 bits per heavy atom. The van der Waals surface area contributed by atoms with Crippen LogP contribution in [0.25, 0.3) is 0 Å². The van der Waals surface area contributed by atoms with Crippen molar-refractivity contribution in [2.45, 2.75) is 19.6 Å². The standard InChI is InChI=1S/C12H15N3O3/c1-2-6-14-10(16)11(17)15(12(14)18)9-5-3-4-8(13)7-9/h3-5,7,11,17H,2,6,13H2,1H3. The zero-order valence-corrected chi connectivity index (χ0v) is 10.0. The lowest BCUT2D eigenvalue weighted by molar-refractivity contribution is -0.133. The van der Waals surface area contributed by atoms with Crippen molar-refractivity contribution >= 4 is 23.3 Å². The van der Waals surface area contributed by atoms with Crippen molar-refractivity contribution < 1.29 is 14.7 Å². The van der Waals surface area contributed by atoms with Crippen LogP contribution < -0.4 is 10.6 Å². The van der Waals surface area contributed by atoms with Crippen molar-refractivity contribution in [3.05, 3.63) is 24.3 Å². The number of carbonyl (C=O) groups is 2. The molecule has 96 valence electrons. The third-order valence-electron chi connectivity index (χ3n) is 2.76. The minimum atomic E-state index is -1.47. The Hall–Kier alpha value is -2.08. The first-order valence-corrected chi connectivity index (χ1v) is 5.74. The molecule has 6 nitrogen and oxygen atoms in total. The normalized spacial score (nSPS) is 19.8. The van der Waals surface area contributed by atoms with E-state index in [0.29, 0.717) is 24.3 Å². The number of amides is 3. The molecular formula is C12H15N3O3. The Kier molecular flexibility index (Phi) is 3.20. The number of rotatable bonds is 3. The van der Waals surface area contributed by atoms with Gasteiger partial charge in [0.2, 0.25) is 6.23 Å². The maximum atomic E-state index is 12.1. The first kappa shape index (κ1) is 12.4. The number of nitrogens with two attached hydrogens (primary N) is 1. The zero-order valence-electron chi connectivity index (χ0n) is 10.0. The Morgan fingerprint density at radius 1 is 1.39 bits per heavy atom. The molecule has 0 bridgehead atoms. The summed E-state index contributed by atoms with van der Waals surface area (Å²) in [5, 5.41) is 9.84. The van der Waals surface area contributed by atoms with Gasteiger partial charge in [-0.3, -0.25) is 14.6 Å². The Balaban J connectivity index is 2.34. The summed E-state index contributed by atoms with van der Waals surface area (Å²) in [6.45, 7) is 2.16. The molecule has 6 heteroatoms. The largest absolute Gasteiger partial charge is 0.399 e. The summed E-state index contributed by atoms with van der Waals surface area (Å²) in [6, 6.07) is 5.99. The van der Waals surface area contributed by atoms with E-state index in [4.69, 9.17) is 5.73 Å². The number of benzene rings is 1. The van der Waals surface area contributed by atoms with E-state index >= 15 is 0 Å². The fourth-order valence-electron chi connectivity index (χ4n) is 1.93. The van der Waals surface area contributed by atoms with Crippen molar-refractivity contribution in [2.75, 3.05) is 17.2 Å². The number of imide groups is 1. The van der Waals surface area contributed by atoms with Gasteiger partial charge in [0.15, 0.2) is 0 Å². The van der Waals surface area contributed by atoms with Gasteiger partial charge in [-0.1, -0.05) is 13.0 Å². The second-order valence-corrected chi connectivity index (χ2v) is 4.11. The second kappa shape index (κ2) is 4.66. The average Bonchev–Trinajstić information content (AvgIpc) is 2.54. The van der Waals surface area contributed by atoms with E-state index < -0.39 is 18.2 Å². The van der Waals surface area contributed by atoms with Gasteiger partial charge in [-0.15, -0.1) is 0 Å². The van der Waals surface area contributed by atoms with E-state index in [2.05, 4.69) is 0 Å². The molecule has 1 aromatic rings. The summed E-state index contributed by atoms with van der Waals surface area (Å²) in [4.78, 5) is 25.9. The molecule has 3 amide bonds. The number of aliphatic hydroxyl groups excluding tert-OH is 1. The summed E-state index contributed by atoms with van der Waals surface area (Å²) in [6.07, 6.45) is -0.819. The number of nitrogens with zero attached hydrogens (tertiary/aromatic N) is 2. The van der Waals surface area contributed by atoms with E-state index in [0.717, 1.165) is 9.80 Å². The number of nitrogen functional groups attached to an aromatic ring is 1. The number of hydrogen-bond acceptors (Lipinski definition) is 4. The lowest BCUT2D eigenvalue weighted by Gasteiger charge is -2.18. The van der Waals surface area contributed by atoms with E-state index in [1.165, 1.54) is 0 Å². The SMILES string of the molecule is CCCN1C(=O)C(O)N(c2cccc(N)c2)C1=O. The summed E-state index contributed by atoms with van der Waals surface area (Å²) >= 11 is 0. The summed E-state index contributed by atoms with van der Waals surface area (Å²) in [7, 11) is 0. The van der Waals surface area contributed by atoms with E-state index in [-0.39, 0.29) is 0 Å². The number of carbonyl (C=O) groups excluding carboxylic acids is 2. The molecule has 1 unspecified atom stereocenters. The van der Waals surface area contributed by atoms with Gasteiger partial charge in [-0.25, -0.2) is 4.79 Å². The van der Waals surface area contributed by atoms with Crippen molar-refractivity contribution in [1.29, 1.82) is 0 Å². The highest BCUT2D eigenvalue weighted by Crippen LogP contribution is 2.26. The summed E-state index contributed by atoms with van der Waals surface area (Å²) < 4.78 is 0. The Morgan fingerprint density at radius 2 is 2.11 bits per heavy atom. The monoisotopic (exact) mass is 249 g/mol. The van der Waals surface area contributed by atoms with Crippen LogP contribution in [-0.2, 0) is 4.79 Å². The zero-order chi connectivity index (χ0) is 13.3. The van der Waals surface area contributed by atoms with Crippen molar-refractivity contribution in [3.8, 4) is 0 Å². The van der Waals surface area contributed by atoms with Gasteiger partial charge in [0.25, 0.3) is 5.91 Å². The van der Waals surface area contributed by atoms with Gasteiger partial charge >= 0.3 is 6.03 Å². The predicted octanol–water partition coefficient (Wildman–Crippen LogP) is 0.766. The lowest BCUT2D eigenvalue weighted by atomic mass is 10.2. The van der Waals surface area contributed by atoms with Crippen LogP contribution in [0.2, 0.25) is 0 Å².